The molecule has 0 aromatic carbocycles. The smallest absolute Gasteiger partial charge is 0.315 e. The van der Waals surface area contributed by atoms with Crippen molar-refractivity contribution in [1.29, 1.82) is 0 Å². The first-order chi connectivity index (χ1) is 11.5. The number of hydrogen-bond donors (Lipinski definition) is 2. The summed E-state index contributed by atoms with van der Waals surface area (Å²) in [5.41, 5.74) is 0.0406. The number of furan rings is 1. The topological polar surface area (TPSA) is 63.5 Å². The van der Waals surface area contributed by atoms with E-state index in [1.54, 1.807) is 0 Å². The molecular weight excluding hydrogens is 304 g/mol. The van der Waals surface area contributed by atoms with Gasteiger partial charge in [0.05, 0.1) is 5.60 Å². The minimum Gasteiger partial charge on any atom is -0.466 e. The summed E-state index contributed by atoms with van der Waals surface area (Å²) in [7, 11) is 0. The summed E-state index contributed by atoms with van der Waals surface area (Å²) in [4.78, 5) is 12.3. The third-order valence-corrected chi connectivity index (χ3v) is 5.34. The fourth-order valence-corrected chi connectivity index (χ4v) is 4.02. The van der Waals surface area contributed by atoms with Gasteiger partial charge in [-0.25, -0.2) is 4.79 Å². The maximum absolute atomic E-state index is 12.3. The van der Waals surface area contributed by atoms with Crippen LogP contribution in [0.5, 0.6) is 0 Å². The molecule has 2 amide bonds. The van der Waals surface area contributed by atoms with E-state index in [-0.39, 0.29) is 23.7 Å². The third kappa shape index (κ3) is 4.53. The molecule has 3 rings (SSSR count). The molecule has 0 radical (unpaired) electrons. The van der Waals surface area contributed by atoms with Crippen LogP contribution in [-0.4, -0.2) is 30.3 Å². The molecule has 24 heavy (non-hydrogen) atoms. The molecular formula is C19H30N2O3. The summed E-state index contributed by atoms with van der Waals surface area (Å²) in [6.07, 6.45) is 8.38. The second-order valence-corrected chi connectivity index (χ2v) is 7.50. The number of carbonyl (C=O) groups excluding carboxylic acids is 1. The van der Waals surface area contributed by atoms with Gasteiger partial charge in [-0.05, 0) is 58.1 Å². The van der Waals surface area contributed by atoms with E-state index >= 15 is 0 Å². The Bertz CT molecular complexity index is 549. The van der Waals surface area contributed by atoms with Gasteiger partial charge in [0.2, 0.25) is 0 Å². The largest absolute Gasteiger partial charge is 0.466 e. The van der Waals surface area contributed by atoms with Crippen molar-refractivity contribution in [3.05, 3.63) is 23.7 Å². The molecule has 5 heteroatoms. The Hall–Kier alpha value is -1.49. The van der Waals surface area contributed by atoms with E-state index in [1.165, 1.54) is 12.8 Å². The SMILES string of the molecule is Cc1ccc(CCC(C)NC(=O)NC2CCOC3(CCCC3)C2)o1. The van der Waals surface area contributed by atoms with Gasteiger partial charge in [-0.15, -0.1) is 0 Å². The maximum atomic E-state index is 12.3. The molecule has 1 saturated heterocycles. The predicted octanol–water partition coefficient (Wildman–Crippen LogP) is 3.70. The predicted molar refractivity (Wildman–Crippen MR) is 93.1 cm³/mol. The fraction of sp³-hybridized carbons (Fsp3) is 0.737. The molecule has 2 aliphatic rings. The fourth-order valence-electron chi connectivity index (χ4n) is 4.02. The molecule has 1 aliphatic carbocycles. The molecule has 5 nitrogen and oxygen atoms in total. The first kappa shape index (κ1) is 17.3. The van der Waals surface area contributed by atoms with E-state index in [4.69, 9.17) is 9.15 Å². The first-order valence-electron chi connectivity index (χ1n) is 9.31. The molecule has 1 spiro atoms. The Kier molecular flexibility index (Phi) is 5.49. The Morgan fingerprint density at radius 1 is 1.38 bits per heavy atom. The minimum atomic E-state index is -0.0572. The monoisotopic (exact) mass is 334 g/mol. The summed E-state index contributed by atoms with van der Waals surface area (Å²) < 4.78 is 11.6. The highest BCUT2D eigenvalue weighted by Gasteiger charge is 2.40. The van der Waals surface area contributed by atoms with Crippen LogP contribution in [0.3, 0.4) is 0 Å². The second kappa shape index (κ2) is 7.60. The van der Waals surface area contributed by atoms with Gasteiger partial charge in [-0.3, -0.25) is 0 Å². The number of hydrogen-bond acceptors (Lipinski definition) is 3. The lowest BCUT2D eigenvalue weighted by molar-refractivity contribution is -0.0820. The molecule has 2 atom stereocenters. The zero-order valence-electron chi connectivity index (χ0n) is 14.9. The zero-order chi connectivity index (χ0) is 17.0. The number of aryl methyl sites for hydroxylation is 2. The Labute approximate surface area is 144 Å². The van der Waals surface area contributed by atoms with Gasteiger partial charge in [-0.1, -0.05) is 12.8 Å². The lowest BCUT2D eigenvalue weighted by Gasteiger charge is -2.38. The van der Waals surface area contributed by atoms with Crippen molar-refractivity contribution in [2.75, 3.05) is 6.61 Å². The number of rotatable bonds is 5. The molecule has 1 aromatic heterocycles. The summed E-state index contributed by atoms with van der Waals surface area (Å²) in [6, 6.07) is 4.28. The number of amides is 2. The van der Waals surface area contributed by atoms with Crippen LogP contribution in [0.4, 0.5) is 4.79 Å². The summed E-state index contributed by atoms with van der Waals surface area (Å²) >= 11 is 0. The first-order valence-corrected chi connectivity index (χ1v) is 9.31. The molecule has 0 bridgehead atoms. The molecule has 1 aliphatic heterocycles. The van der Waals surface area contributed by atoms with E-state index in [9.17, 15) is 4.79 Å². The third-order valence-electron chi connectivity index (χ3n) is 5.34. The van der Waals surface area contributed by atoms with Gasteiger partial charge in [0.1, 0.15) is 11.5 Å². The van der Waals surface area contributed by atoms with Crippen LogP contribution < -0.4 is 10.6 Å². The zero-order valence-corrected chi connectivity index (χ0v) is 14.9. The number of urea groups is 1. The maximum Gasteiger partial charge on any atom is 0.315 e. The Morgan fingerprint density at radius 3 is 2.88 bits per heavy atom. The Balaban J connectivity index is 1.39. The van der Waals surface area contributed by atoms with Crippen molar-refractivity contribution >= 4 is 6.03 Å². The molecule has 2 heterocycles. The van der Waals surface area contributed by atoms with Crippen LogP contribution in [0.1, 0.15) is 63.4 Å². The van der Waals surface area contributed by atoms with Crippen molar-refractivity contribution in [1.82, 2.24) is 10.6 Å². The number of carbonyl (C=O) groups is 1. The van der Waals surface area contributed by atoms with Crippen molar-refractivity contribution in [3.63, 3.8) is 0 Å². The van der Waals surface area contributed by atoms with Crippen molar-refractivity contribution in [3.8, 4) is 0 Å². The molecule has 1 saturated carbocycles. The number of ether oxygens (including phenoxy) is 1. The highest BCUT2D eigenvalue weighted by Crippen LogP contribution is 2.39. The van der Waals surface area contributed by atoms with Gasteiger partial charge >= 0.3 is 6.03 Å². The van der Waals surface area contributed by atoms with Gasteiger partial charge in [0.15, 0.2) is 0 Å². The Morgan fingerprint density at radius 2 is 2.17 bits per heavy atom. The van der Waals surface area contributed by atoms with E-state index in [0.717, 1.165) is 56.7 Å². The van der Waals surface area contributed by atoms with Crippen molar-refractivity contribution in [2.24, 2.45) is 0 Å². The highest BCUT2D eigenvalue weighted by molar-refractivity contribution is 5.74. The minimum absolute atomic E-state index is 0.0406. The van der Waals surface area contributed by atoms with Crippen molar-refractivity contribution < 1.29 is 13.9 Å². The number of nitrogens with one attached hydrogen (secondary N) is 2. The van der Waals surface area contributed by atoms with Crippen molar-refractivity contribution in [2.45, 2.75) is 82.9 Å². The van der Waals surface area contributed by atoms with Crippen LogP contribution in [0.15, 0.2) is 16.5 Å². The van der Waals surface area contributed by atoms with E-state index in [2.05, 4.69) is 10.6 Å². The van der Waals surface area contributed by atoms with Crippen LogP contribution in [0.25, 0.3) is 0 Å². The van der Waals surface area contributed by atoms with Gasteiger partial charge in [0.25, 0.3) is 0 Å². The van der Waals surface area contributed by atoms with Gasteiger partial charge in [0, 0.05) is 25.1 Å². The van der Waals surface area contributed by atoms with Crippen LogP contribution in [-0.2, 0) is 11.2 Å². The quantitative estimate of drug-likeness (QED) is 0.863. The second-order valence-electron chi connectivity index (χ2n) is 7.50. The van der Waals surface area contributed by atoms with Gasteiger partial charge in [-0.2, -0.15) is 0 Å². The summed E-state index contributed by atoms with van der Waals surface area (Å²) in [6.45, 7) is 4.75. The van der Waals surface area contributed by atoms with Gasteiger partial charge < -0.3 is 19.8 Å². The van der Waals surface area contributed by atoms with Crippen LogP contribution >= 0.6 is 0 Å². The van der Waals surface area contributed by atoms with Crippen LogP contribution in [0.2, 0.25) is 0 Å². The van der Waals surface area contributed by atoms with E-state index in [1.807, 2.05) is 26.0 Å². The average molecular weight is 334 g/mol. The normalized spacial score (nSPS) is 24.0. The van der Waals surface area contributed by atoms with E-state index in [0.29, 0.717) is 0 Å². The highest BCUT2D eigenvalue weighted by atomic mass is 16.5. The standard InChI is InChI=1S/C19H30N2O3/c1-14(5-7-17-8-6-15(2)24-17)20-18(22)21-16-9-12-23-19(13-16)10-3-4-11-19/h6,8,14,16H,3-5,7,9-13H2,1-2H3,(H2,20,21,22). The molecule has 1 aromatic rings. The lowest BCUT2D eigenvalue weighted by Crippen LogP contribution is -2.51. The lowest BCUT2D eigenvalue weighted by atomic mass is 9.89. The van der Waals surface area contributed by atoms with E-state index < -0.39 is 0 Å². The average Bonchev–Trinajstić information content (AvgIpc) is 3.14. The molecule has 2 fully saturated rings. The summed E-state index contributed by atoms with van der Waals surface area (Å²) in [5.74, 6) is 1.91. The molecule has 2 unspecified atom stereocenters. The molecule has 134 valence electrons. The van der Waals surface area contributed by atoms with Crippen LogP contribution in [0, 0.1) is 6.92 Å². The summed E-state index contributed by atoms with van der Waals surface area (Å²) in [5, 5.41) is 6.20. The molecule has 2 N–H and O–H groups in total.